The topological polar surface area (TPSA) is 106 Å². The molecule has 0 bridgehead atoms. The van der Waals surface area contributed by atoms with Crippen LogP contribution in [0.1, 0.15) is 16.9 Å². The molecule has 0 fully saturated rings. The minimum atomic E-state index is 0.118. The van der Waals surface area contributed by atoms with Gasteiger partial charge in [0.2, 0.25) is 0 Å². The largest absolute Gasteiger partial charge is 0.391 e. The van der Waals surface area contributed by atoms with Crippen LogP contribution in [0, 0.1) is 0 Å². The van der Waals surface area contributed by atoms with E-state index >= 15 is 0 Å². The highest BCUT2D eigenvalue weighted by atomic mass is 32.1. The predicted octanol–water partition coefficient (Wildman–Crippen LogP) is 2.55. The van der Waals surface area contributed by atoms with E-state index in [4.69, 9.17) is 29.6 Å². The molecule has 0 unspecified atom stereocenters. The Bertz CT molecular complexity index is 480. The van der Waals surface area contributed by atoms with Crippen LogP contribution in [0.3, 0.4) is 0 Å². The SMILES string of the molecule is [N-]=[N+]=NCCOCCOCCOCCOCCCc1csc(CO)c1. The second kappa shape index (κ2) is 16.3. The van der Waals surface area contributed by atoms with Gasteiger partial charge in [0.05, 0.1) is 52.9 Å². The van der Waals surface area contributed by atoms with Gasteiger partial charge in [-0.25, -0.2) is 0 Å². The summed E-state index contributed by atoms with van der Waals surface area (Å²) in [6, 6.07) is 2.04. The molecule has 1 heterocycles. The van der Waals surface area contributed by atoms with Crippen LogP contribution in [0.5, 0.6) is 0 Å². The van der Waals surface area contributed by atoms with Crippen molar-refractivity contribution in [2.75, 3.05) is 59.4 Å². The van der Waals surface area contributed by atoms with Crippen molar-refractivity contribution >= 4 is 11.3 Å². The lowest BCUT2D eigenvalue weighted by atomic mass is 10.2. The zero-order chi connectivity index (χ0) is 18.0. The summed E-state index contributed by atoms with van der Waals surface area (Å²) in [5.74, 6) is 0. The van der Waals surface area contributed by atoms with Crippen molar-refractivity contribution in [1.82, 2.24) is 0 Å². The summed E-state index contributed by atoms with van der Waals surface area (Å²) in [5, 5.41) is 14.4. The summed E-state index contributed by atoms with van der Waals surface area (Å²) in [5.41, 5.74) is 9.33. The molecule has 25 heavy (non-hydrogen) atoms. The summed E-state index contributed by atoms with van der Waals surface area (Å²) in [4.78, 5) is 3.64. The van der Waals surface area contributed by atoms with E-state index < -0.39 is 0 Å². The summed E-state index contributed by atoms with van der Waals surface area (Å²) in [7, 11) is 0. The molecule has 1 aromatic rings. The number of nitrogens with zero attached hydrogens (tertiary/aromatic N) is 3. The van der Waals surface area contributed by atoms with E-state index in [-0.39, 0.29) is 6.61 Å². The van der Waals surface area contributed by atoms with Gasteiger partial charge in [-0.3, -0.25) is 0 Å². The van der Waals surface area contributed by atoms with E-state index in [2.05, 4.69) is 15.4 Å². The van der Waals surface area contributed by atoms with Crippen molar-refractivity contribution in [3.8, 4) is 0 Å². The number of thiophene rings is 1. The van der Waals surface area contributed by atoms with Crippen LogP contribution < -0.4 is 0 Å². The number of rotatable bonds is 17. The van der Waals surface area contributed by atoms with Gasteiger partial charge in [-0.1, -0.05) is 5.11 Å². The molecule has 0 saturated heterocycles. The molecule has 0 aromatic carbocycles. The van der Waals surface area contributed by atoms with Gasteiger partial charge in [0.25, 0.3) is 0 Å². The first-order valence-electron chi connectivity index (χ1n) is 8.35. The van der Waals surface area contributed by atoms with Crippen LogP contribution in [-0.4, -0.2) is 64.5 Å². The summed E-state index contributed by atoms with van der Waals surface area (Å²) in [6.07, 6.45) is 1.93. The maximum absolute atomic E-state index is 9.01. The van der Waals surface area contributed by atoms with E-state index in [1.54, 1.807) is 11.3 Å². The normalized spacial score (nSPS) is 10.8. The second-order valence-electron chi connectivity index (χ2n) is 5.09. The lowest BCUT2D eigenvalue weighted by molar-refractivity contribution is -0.00117. The monoisotopic (exact) mass is 373 g/mol. The van der Waals surface area contributed by atoms with Crippen LogP contribution in [-0.2, 0) is 32.0 Å². The molecule has 9 heteroatoms. The van der Waals surface area contributed by atoms with Crippen molar-refractivity contribution in [3.63, 3.8) is 0 Å². The first-order valence-corrected chi connectivity index (χ1v) is 9.23. The Kier molecular flexibility index (Phi) is 14.2. The number of aliphatic hydroxyl groups is 1. The molecule has 0 atom stereocenters. The highest BCUT2D eigenvalue weighted by Gasteiger charge is 1.99. The highest BCUT2D eigenvalue weighted by Crippen LogP contribution is 2.15. The predicted molar refractivity (Wildman–Crippen MR) is 95.9 cm³/mol. The van der Waals surface area contributed by atoms with Crippen LogP contribution in [0.2, 0.25) is 0 Å². The number of aliphatic hydroxyl groups excluding tert-OH is 1. The van der Waals surface area contributed by atoms with Gasteiger partial charge in [-0.2, -0.15) is 0 Å². The summed E-state index contributed by atoms with van der Waals surface area (Å²) >= 11 is 1.59. The Hall–Kier alpha value is -1.19. The van der Waals surface area contributed by atoms with E-state index in [0.717, 1.165) is 17.7 Å². The third kappa shape index (κ3) is 12.8. The van der Waals surface area contributed by atoms with Crippen molar-refractivity contribution in [2.45, 2.75) is 19.4 Å². The van der Waals surface area contributed by atoms with Gasteiger partial charge >= 0.3 is 0 Å². The molecular weight excluding hydrogens is 346 g/mol. The van der Waals surface area contributed by atoms with Crippen molar-refractivity contribution in [1.29, 1.82) is 0 Å². The van der Waals surface area contributed by atoms with Crippen molar-refractivity contribution in [2.24, 2.45) is 5.11 Å². The highest BCUT2D eigenvalue weighted by molar-refractivity contribution is 7.10. The molecule has 0 aliphatic carbocycles. The molecule has 0 aliphatic heterocycles. The molecule has 142 valence electrons. The van der Waals surface area contributed by atoms with Gasteiger partial charge < -0.3 is 24.1 Å². The molecule has 1 rings (SSSR count). The third-order valence-electron chi connectivity index (χ3n) is 3.13. The van der Waals surface area contributed by atoms with E-state index in [0.29, 0.717) is 59.4 Å². The molecule has 0 amide bonds. The molecule has 1 aromatic heterocycles. The number of azide groups is 1. The standard InChI is InChI=1S/C16H27N3O5S/c17-19-18-3-5-22-7-9-24-11-10-23-8-6-21-4-1-2-15-12-16(13-20)25-14-15/h12,14,20H,1-11,13H2. The number of hydrogen-bond donors (Lipinski definition) is 1. The zero-order valence-electron chi connectivity index (χ0n) is 14.5. The fourth-order valence-electron chi connectivity index (χ4n) is 1.93. The van der Waals surface area contributed by atoms with Crippen LogP contribution in [0.25, 0.3) is 10.4 Å². The minimum absolute atomic E-state index is 0.118. The molecule has 8 nitrogen and oxygen atoms in total. The van der Waals surface area contributed by atoms with Gasteiger partial charge in [0.1, 0.15) is 0 Å². The lowest BCUT2D eigenvalue weighted by Gasteiger charge is -2.07. The smallest absolute Gasteiger partial charge is 0.0774 e. The van der Waals surface area contributed by atoms with E-state index in [9.17, 15) is 0 Å². The Morgan fingerprint density at radius 3 is 2.12 bits per heavy atom. The number of ether oxygens (including phenoxy) is 4. The Labute approximate surface area is 152 Å². The first kappa shape index (κ1) is 21.9. The van der Waals surface area contributed by atoms with Crippen molar-refractivity contribution in [3.05, 3.63) is 32.3 Å². The van der Waals surface area contributed by atoms with Crippen LogP contribution >= 0.6 is 11.3 Å². The van der Waals surface area contributed by atoms with Gasteiger partial charge in [-0.15, -0.1) is 11.3 Å². The lowest BCUT2D eigenvalue weighted by Crippen LogP contribution is -2.12. The maximum atomic E-state index is 9.01. The van der Waals surface area contributed by atoms with Gasteiger partial charge in [-0.05, 0) is 35.4 Å². The Morgan fingerprint density at radius 2 is 1.56 bits per heavy atom. The quantitative estimate of drug-likeness (QED) is 0.195. The zero-order valence-corrected chi connectivity index (χ0v) is 15.3. The molecule has 0 saturated carbocycles. The Balaban J connectivity index is 1.75. The van der Waals surface area contributed by atoms with Crippen LogP contribution in [0.15, 0.2) is 16.6 Å². The third-order valence-corrected chi connectivity index (χ3v) is 4.10. The van der Waals surface area contributed by atoms with Crippen molar-refractivity contribution < 1.29 is 24.1 Å². The second-order valence-corrected chi connectivity index (χ2v) is 6.08. The maximum Gasteiger partial charge on any atom is 0.0774 e. The molecule has 0 radical (unpaired) electrons. The fourth-order valence-corrected chi connectivity index (χ4v) is 2.71. The van der Waals surface area contributed by atoms with E-state index in [1.807, 2.05) is 6.07 Å². The summed E-state index contributed by atoms with van der Waals surface area (Å²) < 4.78 is 21.4. The van der Waals surface area contributed by atoms with Gasteiger partial charge in [0.15, 0.2) is 0 Å². The average Bonchev–Trinajstić information content (AvgIpc) is 3.09. The summed E-state index contributed by atoms with van der Waals surface area (Å²) in [6.45, 7) is 4.74. The molecule has 0 spiro atoms. The molecule has 0 aliphatic rings. The molecular formula is C16H27N3O5S. The minimum Gasteiger partial charge on any atom is -0.391 e. The van der Waals surface area contributed by atoms with E-state index in [1.165, 1.54) is 5.56 Å². The molecule has 1 N–H and O–H groups in total. The average molecular weight is 373 g/mol. The van der Waals surface area contributed by atoms with Gasteiger partial charge in [0, 0.05) is 22.9 Å². The first-order chi connectivity index (χ1) is 12.4. The number of hydrogen-bond acceptors (Lipinski definition) is 7. The van der Waals surface area contributed by atoms with Crippen LogP contribution in [0.4, 0.5) is 0 Å². The Morgan fingerprint density at radius 1 is 0.960 bits per heavy atom. The number of aryl methyl sites for hydroxylation is 1. The fraction of sp³-hybridized carbons (Fsp3) is 0.750.